The highest BCUT2D eigenvalue weighted by Crippen LogP contribution is 2.43. The second-order valence-electron chi connectivity index (χ2n) is 20.5. The zero-order valence-electron chi connectivity index (χ0n) is 47.6. The van der Waals surface area contributed by atoms with E-state index in [2.05, 4.69) is 123 Å². The summed E-state index contributed by atoms with van der Waals surface area (Å²) < 4.78 is 30.5. The molecule has 0 aliphatic heterocycles. The lowest BCUT2D eigenvalue weighted by Crippen LogP contribution is -2.47. The Kier molecular flexibility index (Phi) is 49.7. The molecule has 1 amide bonds. The summed E-state index contributed by atoms with van der Waals surface area (Å²) in [5, 5.41) is 3.01. The third-order valence-corrected chi connectivity index (χ3v) is 13.2. The summed E-state index contributed by atoms with van der Waals surface area (Å²) in [6, 6.07) is -0.893. The molecule has 3 atom stereocenters. The molecule has 418 valence electrons. The maximum atomic E-state index is 13.5. The van der Waals surface area contributed by atoms with Gasteiger partial charge in [-0.15, -0.1) is 0 Å². The van der Waals surface area contributed by atoms with Crippen LogP contribution in [0, 0.1) is 0 Å². The summed E-state index contributed by atoms with van der Waals surface area (Å²) in [4.78, 5) is 37.6. The van der Waals surface area contributed by atoms with Crippen molar-refractivity contribution in [3.8, 4) is 0 Å². The maximum absolute atomic E-state index is 13.5. The Hall–Kier alpha value is -3.33. The van der Waals surface area contributed by atoms with E-state index in [9.17, 15) is 19.0 Å². The van der Waals surface area contributed by atoms with Crippen LogP contribution in [0.4, 0.5) is 0 Å². The first kappa shape index (κ1) is 69.7. The van der Waals surface area contributed by atoms with Crippen LogP contribution in [0.5, 0.6) is 0 Å². The molecule has 0 radical (unpaired) electrons. The van der Waals surface area contributed by atoms with Crippen LogP contribution < -0.4 is 5.32 Å². The second kappa shape index (κ2) is 52.1. The van der Waals surface area contributed by atoms with Crippen molar-refractivity contribution >= 4 is 19.7 Å². The molecule has 0 fully saturated rings. The molecule has 2 N–H and O–H groups in total. The van der Waals surface area contributed by atoms with Crippen molar-refractivity contribution in [2.75, 3.05) is 40.9 Å². The Bertz CT molecular complexity index is 1620. The van der Waals surface area contributed by atoms with Crippen LogP contribution in [-0.2, 0) is 27.9 Å². The number of phosphoric acid groups is 1. The molecule has 0 bridgehead atoms. The fourth-order valence-corrected chi connectivity index (χ4v) is 8.36. The van der Waals surface area contributed by atoms with Gasteiger partial charge < -0.3 is 19.4 Å². The van der Waals surface area contributed by atoms with Gasteiger partial charge in [-0.2, -0.15) is 0 Å². The van der Waals surface area contributed by atoms with Gasteiger partial charge >= 0.3 is 13.8 Å². The molecule has 0 heterocycles. The van der Waals surface area contributed by atoms with Gasteiger partial charge in [-0.05, 0) is 115 Å². The molecule has 9 nitrogen and oxygen atoms in total. The Morgan fingerprint density at radius 3 is 1.30 bits per heavy atom. The molecule has 0 aromatic rings. The molecule has 0 aromatic carbocycles. The van der Waals surface area contributed by atoms with Gasteiger partial charge in [0.25, 0.3) is 0 Å². The molecule has 0 aliphatic carbocycles. The zero-order chi connectivity index (χ0) is 53.6. The van der Waals surface area contributed by atoms with Gasteiger partial charge in [-0.3, -0.25) is 18.6 Å². The first-order valence-corrected chi connectivity index (χ1v) is 30.7. The highest BCUT2D eigenvalue weighted by atomic mass is 31.2. The lowest BCUT2D eigenvalue weighted by molar-refractivity contribution is -0.870. The average molecular weight is 1040 g/mol. The summed E-state index contributed by atoms with van der Waals surface area (Å²) in [5.74, 6) is -0.616. The molecule has 0 spiro atoms. The first-order chi connectivity index (χ1) is 35.4. The van der Waals surface area contributed by atoms with Gasteiger partial charge in [0.05, 0.1) is 33.8 Å². The van der Waals surface area contributed by atoms with Crippen molar-refractivity contribution in [3.05, 3.63) is 109 Å². The fraction of sp³-hybridized carbons (Fsp3) is 0.683. The van der Waals surface area contributed by atoms with Crippen molar-refractivity contribution in [1.29, 1.82) is 0 Å². The number of unbranched alkanes of at least 4 members (excludes halogenated alkanes) is 19. The monoisotopic (exact) mass is 1040 g/mol. The number of carbonyl (C=O) groups is 2. The molecule has 0 saturated heterocycles. The third-order valence-electron chi connectivity index (χ3n) is 12.2. The number of hydrogen-bond acceptors (Lipinski definition) is 6. The third kappa shape index (κ3) is 53.3. The topological polar surface area (TPSA) is 111 Å². The van der Waals surface area contributed by atoms with Crippen LogP contribution in [0.1, 0.15) is 226 Å². The van der Waals surface area contributed by atoms with Crippen LogP contribution in [0.15, 0.2) is 109 Å². The standard InChI is InChI=1S/C63H109N2O7P/c1-7-10-13-16-19-22-25-27-29-31-32-34-35-37-40-43-46-49-52-55-62(66)64-60(59-71-73(68,69)70-58-57-65(4,5)6)61(54-51-48-45-42-39-24-21-18-15-12-9-3)72-63(67)56-53-50-47-44-41-38-36-33-30-28-26-23-20-17-14-11-8-2/h19-20,22-23,27-30,32,34,36-38,40,44,47,51,54,60-61H,7-18,21,24-26,31,33,35,39,41-43,45-46,48-50,52-53,55-59H2,1-6H3,(H-,64,66,68,69)/p+1/b22-19-,23-20-,29-27-,30-28-,34-32-,38-36-,40-37-,47-44-,54-51+. The van der Waals surface area contributed by atoms with E-state index in [0.29, 0.717) is 23.9 Å². The number of rotatable bonds is 51. The van der Waals surface area contributed by atoms with E-state index in [1.807, 2.05) is 33.3 Å². The minimum Gasteiger partial charge on any atom is -0.456 e. The van der Waals surface area contributed by atoms with Crippen LogP contribution >= 0.6 is 7.82 Å². The summed E-state index contributed by atoms with van der Waals surface area (Å²) in [7, 11) is 1.43. The predicted octanol–water partition coefficient (Wildman–Crippen LogP) is 17.8. The number of nitrogens with one attached hydrogen (secondary N) is 1. The van der Waals surface area contributed by atoms with Crippen molar-refractivity contribution in [2.24, 2.45) is 0 Å². The minimum atomic E-state index is -4.47. The number of hydrogen-bond donors (Lipinski definition) is 2. The van der Waals surface area contributed by atoms with Crippen LogP contribution in [0.25, 0.3) is 0 Å². The van der Waals surface area contributed by atoms with Gasteiger partial charge in [0.2, 0.25) is 5.91 Å². The number of likely N-dealkylation sites (N-methyl/N-ethyl adjacent to an activating group) is 1. The molecule has 0 aromatic heterocycles. The Balaban J connectivity index is 5.46. The normalized spacial score (nSPS) is 14.6. The molecule has 0 aliphatic rings. The number of esters is 1. The van der Waals surface area contributed by atoms with Crippen LogP contribution in [-0.4, -0.2) is 74.3 Å². The van der Waals surface area contributed by atoms with E-state index in [1.54, 1.807) is 0 Å². The van der Waals surface area contributed by atoms with E-state index < -0.39 is 25.9 Å². The number of ether oxygens (including phenoxy) is 1. The first-order valence-electron chi connectivity index (χ1n) is 29.2. The van der Waals surface area contributed by atoms with Crippen molar-refractivity contribution in [1.82, 2.24) is 5.32 Å². The molecule has 0 saturated carbocycles. The number of allylic oxidation sites excluding steroid dienone is 17. The summed E-state index contributed by atoms with van der Waals surface area (Å²) >= 11 is 0. The van der Waals surface area contributed by atoms with Crippen molar-refractivity contribution in [3.63, 3.8) is 0 Å². The molecular formula is C63H110N2O7P+. The zero-order valence-corrected chi connectivity index (χ0v) is 48.5. The Labute approximate surface area is 449 Å². The van der Waals surface area contributed by atoms with Gasteiger partial charge in [-0.1, -0.05) is 208 Å². The number of carbonyl (C=O) groups excluding carboxylic acids is 2. The van der Waals surface area contributed by atoms with E-state index >= 15 is 0 Å². The smallest absolute Gasteiger partial charge is 0.456 e. The van der Waals surface area contributed by atoms with E-state index in [4.69, 9.17) is 13.8 Å². The Morgan fingerprint density at radius 1 is 0.479 bits per heavy atom. The minimum absolute atomic E-state index is 0.0197. The SMILES string of the molecule is CCCCC/C=C\C/C=C\C/C=C\C/C=C\CCCCCC(=O)NC(COP(=O)(O)OCC[N+](C)(C)C)C(/C=C/CCCCCCCCCCC)OC(=O)CCC/C=C\C/C=C\C/C=C\C/C=C\CCCCC. The molecular weight excluding hydrogens is 928 g/mol. The van der Waals surface area contributed by atoms with Crippen LogP contribution in [0.3, 0.4) is 0 Å². The highest BCUT2D eigenvalue weighted by Gasteiger charge is 2.30. The molecule has 3 unspecified atom stereocenters. The average Bonchev–Trinajstić information content (AvgIpc) is 3.35. The quantitative estimate of drug-likeness (QED) is 0.0205. The number of quaternary nitrogens is 1. The van der Waals surface area contributed by atoms with Gasteiger partial charge in [0.15, 0.2) is 0 Å². The fourth-order valence-electron chi connectivity index (χ4n) is 7.62. The van der Waals surface area contributed by atoms with E-state index in [1.165, 1.54) is 96.3 Å². The van der Waals surface area contributed by atoms with Gasteiger partial charge in [-0.25, -0.2) is 4.57 Å². The lowest BCUT2D eigenvalue weighted by Gasteiger charge is -2.27. The Morgan fingerprint density at radius 2 is 0.849 bits per heavy atom. The predicted molar refractivity (Wildman–Crippen MR) is 313 cm³/mol. The molecule has 0 rings (SSSR count). The summed E-state index contributed by atoms with van der Waals surface area (Å²) in [6.07, 6.45) is 70.9. The maximum Gasteiger partial charge on any atom is 0.472 e. The highest BCUT2D eigenvalue weighted by molar-refractivity contribution is 7.47. The number of phosphoric ester groups is 1. The van der Waals surface area contributed by atoms with Crippen molar-refractivity contribution in [2.45, 2.75) is 238 Å². The number of amides is 1. The van der Waals surface area contributed by atoms with Crippen LogP contribution in [0.2, 0.25) is 0 Å². The van der Waals surface area contributed by atoms with E-state index in [-0.39, 0.29) is 32.0 Å². The summed E-state index contributed by atoms with van der Waals surface area (Å²) in [5.41, 5.74) is 0. The largest absolute Gasteiger partial charge is 0.472 e. The van der Waals surface area contributed by atoms with Gasteiger partial charge in [0.1, 0.15) is 19.3 Å². The molecule has 73 heavy (non-hydrogen) atoms. The van der Waals surface area contributed by atoms with Gasteiger partial charge in [0, 0.05) is 12.8 Å². The van der Waals surface area contributed by atoms with Crippen molar-refractivity contribution < 1.29 is 37.3 Å². The second-order valence-corrected chi connectivity index (χ2v) is 21.9. The number of nitrogens with zero attached hydrogens (tertiary/aromatic N) is 1. The van der Waals surface area contributed by atoms with E-state index in [0.717, 1.165) is 83.5 Å². The summed E-state index contributed by atoms with van der Waals surface area (Å²) in [6.45, 7) is 6.86. The molecule has 10 heteroatoms. The lowest BCUT2D eigenvalue weighted by atomic mass is 10.1.